The molecule has 0 aliphatic heterocycles. The number of nitrogens with one attached hydrogen (secondary N) is 1. The van der Waals surface area contributed by atoms with E-state index in [4.69, 9.17) is 0 Å². The lowest BCUT2D eigenvalue weighted by Crippen LogP contribution is -2.09. The Morgan fingerprint density at radius 1 is 1.10 bits per heavy atom. The third-order valence-corrected chi connectivity index (χ3v) is 3.69. The first-order valence-corrected chi connectivity index (χ1v) is 7.16. The van der Waals surface area contributed by atoms with Crippen LogP contribution in [0.4, 0.5) is 5.69 Å². The molecular formula is C17H16BrNO. The van der Waals surface area contributed by atoms with Crippen molar-refractivity contribution in [3.05, 3.63) is 69.7 Å². The summed E-state index contributed by atoms with van der Waals surface area (Å²) >= 11 is 3.38. The van der Waals surface area contributed by atoms with Gasteiger partial charge in [0.05, 0.1) is 0 Å². The van der Waals surface area contributed by atoms with Crippen molar-refractivity contribution in [1.29, 1.82) is 0 Å². The maximum Gasteiger partial charge on any atom is 0.248 e. The van der Waals surface area contributed by atoms with Crippen molar-refractivity contribution in [2.45, 2.75) is 13.8 Å². The van der Waals surface area contributed by atoms with Crippen LogP contribution in [0.5, 0.6) is 0 Å². The van der Waals surface area contributed by atoms with E-state index in [2.05, 4.69) is 21.2 Å². The average Bonchev–Trinajstić information content (AvgIpc) is 2.43. The highest BCUT2D eigenvalue weighted by molar-refractivity contribution is 9.10. The summed E-state index contributed by atoms with van der Waals surface area (Å²) in [5.74, 6) is -0.124. The fourth-order valence-electron chi connectivity index (χ4n) is 1.81. The fourth-order valence-corrected chi connectivity index (χ4v) is 2.07. The SMILES string of the molecule is Cc1cccc(NC(=O)/C=C/c2ccc(Br)cc2)c1C. The van der Waals surface area contributed by atoms with Gasteiger partial charge in [0.2, 0.25) is 5.91 Å². The zero-order valence-electron chi connectivity index (χ0n) is 11.5. The highest BCUT2D eigenvalue weighted by Gasteiger charge is 2.02. The highest BCUT2D eigenvalue weighted by atomic mass is 79.9. The van der Waals surface area contributed by atoms with E-state index in [1.165, 1.54) is 5.56 Å². The second kappa shape index (κ2) is 6.53. The molecule has 0 aliphatic carbocycles. The molecule has 20 heavy (non-hydrogen) atoms. The summed E-state index contributed by atoms with van der Waals surface area (Å²) in [6.45, 7) is 4.03. The molecule has 0 saturated carbocycles. The smallest absolute Gasteiger partial charge is 0.248 e. The number of benzene rings is 2. The van der Waals surface area contributed by atoms with Crippen molar-refractivity contribution in [3.63, 3.8) is 0 Å². The standard InChI is InChI=1S/C17H16BrNO/c1-12-4-3-5-16(13(12)2)19-17(20)11-8-14-6-9-15(18)10-7-14/h3-11H,1-2H3,(H,19,20)/b11-8+. The molecule has 2 aromatic rings. The predicted octanol–water partition coefficient (Wildman–Crippen LogP) is 4.72. The van der Waals surface area contributed by atoms with Gasteiger partial charge >= 0.3 is 0 Å². The number of carbonyl (C=O) groups is 1. The quantitative estimate of drug-likeness (QED) is 0.811. The fraction of sp³-hybridized carbons (Fsp3) is 0.118. The molecule has 0 aliphatic rings. The van der Waals surface area contributed by atoms with Gasteiger partial charge in [0, 0.05) is 16.2 Å². The van der Waals surface area contributed by atoms with Gasteiger partial charge in [0.1, 0.15) is 0 Å². The van der Waals surface area contributed by atoms with Crippen LogP contribution in [0.1, 0.15) is 16.7 Å². The molecule has 1 amide bonds. The summed E-state index contributed by atoms with van der Waals surface area (Å²) < 4.78 is 1.02. The zero-order valence-corrected chi connectivity index (χ0v) is 13.1. The Morgan fingerprint density at radius 2 is 1.80 bits per heavy atom. The first kappa shape index (κ1) is 14.5. The average molecular weight is 330 g/mol. The molecule has 3 heteroatoms. The summed E-state index contributed by atoms with van der Waals surface area (Å²) in [4.78, 5) is 11.9. The molecular weight excluding hydrogens is 314 g/mol. The number of carbonyl (C=O) groups excluding carboxylic acids is 1. The lowest BCUT2D eigenvalue weighted by atomic mass is 10.1. The zero-order chi connectivity index (χ0) is 14.5. The summed E-state index contributed by atoms with van der Waals surface area (Å²) in [6, 6.07) is 13.7. The third kappa shape index (κ3) is 3.81. The van der Waals surface area contributed by atoms with E-state index in [1.54, 1.807) is 12.2 Å². The molecule has 0 radical (unpaired) electrons. The van der Waals surface area contributed by atoms with Gasteiger partial charge < -0.3 is 5.32 Å². The van der Waals surface area contributed by atoms with E-state index in [9.17, 15) is 4.79 Å². The molecule has 0 unspecified atom stereocenters. The van der Waals surface area contributed by atoms with E-state index in [1.807, 2.05) is 56.3 Å². The topological polar surface area (TPSA) is 29.1 Å². The van der Waals surface area contributed by atoms with Crippen LogP contribution in [0, 0.1) is 13.8 Å². The van der Waals surface area contributed by atoms with Crippen LogP contribution in [0.15, 0.2) is 53.0 Å². The van der Waals surface area contributed by atoms with Gasteiger partial charge in [0.25, 0.3) is 0 Å². The molecule has 0 saturated heterocycles. The Balaban J connectivity index is 2.05. The number of halogens is 1. The minimum Gasteiger partial charge on any atom is -0.322 e. The minimum absolute atomic E-state index is 0.124. The monoisotopic (exact) mass is 329 g/mol. The van der Waals surface area contributed by atoms with E-state index in [0.717, 1.165) is 21.3 Å². The first-order valence-electron chi connectivity index (χ1n) is 6.37. The van der Waals surface area contributed by atoms with Crippen LogP contribution < -0.4 is 5.32 Å². The van der Waals surface area contributed by atoms with Gasteiger partial charge in [-0.15, -0.1) is 0 Å². The van der Waals surface area contributed by atoms with Gasteiger partial charge in [-0.3, -0.25) is 4.79 Å². The number of hydrogen-bond donors (Lipinski definition) is 1. The van der Waals surface area contributed by atoms with Crippen LogP contribution in [-0.2, 0) is 4.79 Å². The predicted molar refractivity (Wildman–Crippen MR) is 87.7 cm³/mol. The van der Waals surface area contributed by atoms with Crippen molar-refractivity contribution in [1.82, 2.24) is 0 Å². The summed E-state index contributed by atoms with van der Waals surface area (Å²) in [5, 5.41) is 2.90. The van der Waals surface area contributed by atoms with Crippen molar-refractivity contribution < 1.29 is 4.79 Å². The molecule has 0 atom stereocenters. The van der Waals surface area contributed by atoms with Gasteiger partial charge in [0.15, 0.2) is 0 Å². The lowest BCUT2D eigenvalue weighted by Gasteiger charge is -2.08. The summed E-state index contributed by atoms with van der Waals surface area (Å²) in [6.07, 6.45) is 3.35. The van der Waals surface area contributed by atoms with Crippen molar-refractivity contribution >= 4 is 33.6 Å². The second-order valence-electron chi connectivity index (χ2n) is 4.62. The maximum atomic E-state index is 11.9. The van der Waals surface area contributed by atoms with E-state index >= 15 is 0 Å². The van der Waals surface area contributed by atoms with Crippen LogP contribution in [0.3, 0.4) is 0 Å². The Bertz CT molecular complexity index is 645. The lowest BCUT2D eigenvalue weighted by molar-refractivity contribution is -0.111. The number of amides is 1. The van der Waals surface area contributed by atoms with Gasteiger partial charge in [-0.2, -0.15) is 0 Å². The van der Waals surface area contributed by atoms with Crippen LogP contribution in [-0.4, -0.2) is 5.91 Å². The molecule has 0 fully saturated rings. The van der Waals surface area contributed by atoms with Crippen molar-refractivity contribution in [3.8, 4) is 0 Å². The number of rotatable bonds is 3. The van der Waals surface area contributed by atoms with Crippen LogP contribution >= 0.6 is 15.9 Å². The molecule has 2 rings (SSSR count). The number of anilines is 1. The van der Waals surface area contributed by atoms with Gasteiger partial charge in [-0.25, -0.2) is 0 Å². The van der Waals surface area contributed by atoms with E-state index in [-0.39, 0.29) is 5.91 Å². The van der Waals surface area contributed by atoms with E-state index in [0.29, 0.717) is 0 Å². The Labute approximate surface area is 127 Å². The summed E-state index contributed by atoms with van der Waals surface area (Å²) in [5.41, 5.74) is 4.11. The second-order valence-corrected chi connectivity index (χ2v) is 5.54. The van der Waals surface area contributed by atoms with Crippen LogP contribution in [0.25, 0.3) is 6.08 Å². The van der Waals surface area contributed by atoms with Crippen molar-refractivity contribution in [2.75, 3.05) is 5.32 Å². The molecule has 0 aromatic heterocycles. The van der Waals surface area contributed by atoms with Crippen molar-refractivity contribution in [2.24, 2.45) is 0 Å². The first-order chi connectivity index (χ1) is 9.56. The maximum absolute atomic E-state index is 11.9. The van der Waals surface area contributed by atoms with Gasteiger partial charge in [-0.05, 0) is 54.8 Å². The number of hydrogen-bond acceptors (Lipinski definition) is 1. The molecule has 0 heterocycles. The molecule has 1 N–H and O–H groups in total. The molecule has 102 valence electrons. The third-order valence-electron chi connectivity index (χ3n) is 3.16. The largest absolute Gasteiger partial charge is 0.322 e. The molecule has 0 bridgehead atoms. The Hall–Kier alpha value is -1.87. The highest BCUT2D eigenvalue weighted by Crippen LogP contribution is 2.18. The molecule has 2 nitrogen and oxygen atoms in total. The normalized spacial score (nSPS) is 10.8. The Kier molecular flexibility index (Phi) is 4.74. The number of aryl methyl sites for hydroxylation is 1. The van der Waals surface area contributed by atoms with Crippen LogP contribution in [0.2, 0.25) is 0 Å². The van der Waals surface area contributed by atoms with E-state index < -0.39 is 0 Å². The summed E-state index contributed by atoms with van der Waals surface area (Å²) in [7, 11) is 0. The molecule has 0 spiro atoms. The Morgan fingerprint density at radius 3 is 2.50 bits per heavy atom. The van der Waals surface area contributed by atoms with Gasteiger partial charge in [-0.1, -0.05) is 40.2 Å². The minimum atomic E-state index is -0.124. The molecule has 2 aromatic carbocycles.